The number of likely N-dealkylation sites (N-methyl/N-ethyl adjacent to an activating group) is 1. The minimum absolute atomic E-state index is 0.0579. The van der Waals surface area contributed by atoms with Crippen molar-refractivity contribution in [1.82, 2.24) is 25.1 Å². The fourth-order valence-electron chi connectivity index (χ4n) is 2.99. The number of rotatable bonds is 4. The number of amides is 1. The van der Waals surface area contributed by atoms with Crippen LogP contribution in [0.25, 0.3) is 11.0 Å². The van der Waals surface area contributed by atoms with Crippen molar-refractivity contribution < 1.29 is 4.79 Å². The van der Waals surface area contributed by atoms with Gasteiger partial charge in [-0.2, -0.15) is 0 Å². The largest absolute Gasteiger partial charge is 0.345 e. The molecule has 2 N–H and O–H groups in total. The highest BCUT2D eigenvalue weighted by atomic mass is 16.2. The van der Waals surface area contributed by atoms with Gasteiger partial charge in [0, 0.05) is 13.1 Å². The Morgan fingerprint density at radius 3 is 2.96 bits per heavy atom. The Kier molecular flexibility index (Phi) is 4.93. The zero-order valence-corrected chi connectivity index (χ0v) is 13.9. The van der Waals surface area contributed by atoms with Crippen LogP contribution in [0.1, 0.15) is 25.2 Å². The second-order valence-corrected chi connectivity index (χ2v) is 6.36. The summed E-state index contributed by atoms with van der Waals surface area (Å²) < 4.78 is 0. The summed E-state index contributed by atoms with van der Waals surface area (Å²) in [6.45, 7) is 6.48. The van der Waals surface area contributed by atoms with E-state index in [0.29, 0.717) is 6.54 Å². The van der Waals surface area contributed by atoms with Crippen LogP contribution in [0, 0.1) is 0 Å². The van der Waals surface area contributed by atoms with Gasteiger partial charge in [-0.05, 0) is 45.6 Å². The van der Waals surface area contributed by atoms with Crippen LogP contribution in [-0.4, -0.2) is 65.4 Å². The molecule has 3 rings (SSSR count). The highest BCUT2D eigenvalue weighted by Crippen LogP contribution is 2.15. The lowest BCUT2D eigenvalue weighted by Crippen LogP contribution is -2.40. The van der Waals surface area contributed by atoms with Crippen molar-refractivity contribution in [2.24, 2.45) is 0 Å². The van der Waals surface area contributed by atoms with Crippen LogP contribution in [0.4, 0.5) is 0 Å². The third-order valence-corrected chi connectivity index (χ3v) is 4.37. The quantitative estimate of drug-likeness (QED) is 0.895. The number of hydrogen-bond acceptors (Lipinski definition) is 4. The number of carbonyl (C=O) groups is 1. The lowest BCUT2D eigenvalue weighted by Gasteiger charge is -2.20. The summed E-state index contributed by atoms with van der Waals surface area (Å²) in [5, 5.41) is 3.05. The Bertz CT molecular complexity index is 635. The number of nitrogens with zero attached hydrogens (tertiary/aromatic N) is 3. The van der Waals surface area contributed by atoms with Gasteiger partial charge in [0.25, 0.3) is 0 Å². The van der Waals surface area contributed by atoms with Gasteiger partial charge in [0.05, 0.1) is 23.6 Å². The molecule has 0 aliphatic carbocycles. The van der Waals surface area contributed by atoms with Crippen LogP contribution in [0.5, 0.6) is 0 Å². The van der Waals surface area contributed by atoms with E-state index >= 15 is 0 Å². The molecule has 1 aliphatic heterocycles. The Morgan fingerprint density at radius 2 is 2.13 bits per heavy atom. The van der Waals surface area contributed by atoms with Crippen LogP contribution in [0.2, 0.25) is 0 Å². The van der Waals surface area contributed by atoms with E-state index in [1.54, 1.807) is 0 Å². The van der Waals surface area contributed by atoms with Crippen molar-refractivity contribution in [3.63, 3.8) is 0 Å². The van der Waals surface area contributed by atoms with Crippen LogP contribution in [0.15, 0.2) is 24.3 Å². The van der Waals surface area contributed by atoms with Crippen molar-refractivity contribution >= 4 is 16.9 Å². The second kappa shape index (κ2) is 7.10. The monoisotopic (exact) mass is 315 g/mol. The summed E-state index contributed by atoms with van der Waals surface area (Å²) in [6.07, 6.45) is 1.11. The second-order valence-electron chi connectivity index (χ2n) is 6.36. The lowest BCUT2D eigenvalue weighted by atomic mass is 10.3. The summed E-state index contributed by atoms with van der Waals surface area (Å²) in [6, 6.07) is 7.78. The van der Waals surface area contributed by atoms with E-state index in [1.807, 2.05) is 31.2 Å². The maximum absolute atomic E-state index is 12.3. The molecule has 1 fully saturated rings. The predicted molar refractivity (Wildman–Crippen MR) is 91.2 cm³/mol. The number of aromatic amines is 1. The van der Waals surface area contributed by atoms with Crippen molar-refractivity contribution in [2.45, 2.75) is 19.4 Å². The normalized spacial score (nSPS) is 18.7. The first-order valence-corrected chi connectivity index (χ1v) is 8.27. The van der Waals surface area contributed by atoms with Crippen LogP contribution >= 0.6 is 0 Å². The zero-order valence-electron chi connectivity index (χ0n) is 13.9. The van der Waals surface area contributed by atoms with Gasteiger partial charge in [-0.15, -0.1) is 0 Å². The summed E-state index contributed by atoms with van der Waals surface area (Å²) >= 11 is 0. The maximum Gasteiger partial charge on any atom is 0.234 e. The van der Waals surface area contributed by atoms with E-state index in [4.69, 9.17) is 0 Å². The number of H-pyrrole nitrogens is 1. The average Bonchev–Trinajstić information content (AvgIpc) is 2.86. The molecule has 0 unspecified atom stereocenters. The van der Waals surface area contributed by atoms with Crippen LogP contribution < -0.4 is 5.32 Å². The Labute approximate surface area is 136 Å². The van der Waals surface area contributed by atoms with E-state index in [-0.39, 0.29) is 11.9 Å². The topological polar surface area (TPSA) is 64.3 Å². The molecule has 23 heavy (non-hydrogen) atoms. The molecule has 0 spiro atoms. The predicted octanol–water partition coefficient (Wildman–Crippen LogP) is 1.38. The molecule has 1 atom stereocenters. The molecule has 6 nitrogen and oxygen atoms in total. The molecule has 1 aliphatic rings. The lowest BCUT2D eigenvalue weighted by molar-refractivity contribution is -0.122. The van der Waals surface area contributed by atoms with E-state index in [9.17, 15) is 4.79 Å². The maximum atomic E-state index is 12.3. The molecule has 2 aromatic rings. The molecule has 1 saturated heterocycles. The fourth-order valence-corrected chi connectivity index (χ4v) is 2.99. The van der Waals surface area contributed by atoms with Crippen molar-refractivity contribution in [3.05, 3.63) is 30.1 Å². The van der Waals surface area contributed by atoms with Gasteiger partial charge in [0.2, 0.25) is 5.91 Å². The molecule has 0 saturated carbocycles. The summed E-state index contributed by atoms with van der Waals surface area (Å²) in [5.74, 6) is 0.859. The van der Waals surface area contributed by atoms with E-state index in [2.05, 4.69) is 32.1 Å². The van der Waals surface area contributed by atoms with Crippen molar-refractivity contribution in [2.75, 3.05) is 39.8 Å². The molecule has 1 aromatic heterocycles. The number of para-hydroxylation sites is 2. The molecule has 0 radical (unpaired) electrons. The van der Waals surface area contributed by atoms with Gasteiger partial charge >= 0.3 is 0 Å². The number of carbonyl (C=O) groups excluding carboxylic acids is 1. The minimum Gasteiger partial charge on any atom is -0.345 e. The summed E-state index contributed by atoms with van der Waals surface area (Å²) in [7, 11) is 2.13. The van der Waals surface area contributed by atoms with Crippen LogP contribution in [-0.2, 0) is 4.79 Å². The highest BCUT2D eigenvalue weighted by molar-refractivity contribution is 5.79. The van der Waals surface area contributed by atoms with E-state index in [0.717, 1.165) is 49.5 Å². The first kappa shape index (κ1) is 16.0. The zero-order chi connectivity index (χ0) is 16.2. The first-order valence-electron chi connectivity index (χ1n) is 8.27. The number of hydrogen-bond donors (Lipinski definition) is 2. The molecule has 2 heterocycles. The number of aromatic nitrogens is 2. The van der Waals surface area contributed by atoms with Gasteiger partial charge in [0.15, 0.2) is 0 Å². The standard InChI is InChI=1S/C17H25N5O/c1-13(17-19-14-6-3-4-7-15(14)20-17)18-16(23)12-22-9-5-8-21(2)10-11-22/h3-4,6-7,13H,5,8-12H2,1-2H3,(H,18,23)(H,19,20)/t13-/m1/s1. The molecule has 0 bridgehead atoms. The third-order valence-electron chi connectivity index (χ3n) is 4.37. The number of nitrogens with one attached hydrogen (secondary N) is 2. The van der Waals surface area contributed by atoms with Gasteiger partial charge in [-0.25, -0.2) is 4.98 Å². The first-order chi connectivity index (χ1) is 11.1. The molecular weight excluding hydrogens is 290 g/mol. The van der Waals surface area contributed by atoms with E-state index in [1.165, 1.54) is 0 Å². The molecular formula is C17H25N5O. The Balaban J connectivity index is 1.56. The van der Waals surface area contributed by atoms with Gasteiger partial charge in [-0.1, -0.05) is 12.1 Å². The SMILES string of the molecule is C[C@@H](NC(=O)CN1CCCN(C)CC1)c1nc2ccccc2[nH]1. The minimum atomic E-state index is -0.121. The summed E-state index contributed by atoms with van der Waals surface area (Å²) in [4.78, 5) is 24.7. The van der Waals surface area contributed by atoms with Crippen molar-refractivity contribution in [3.8, 4) is 0 Å². The van der Waals surface area contributed by atoms with Crippen LogP contribution in [0.3, 0.4) is 0 Å². The number of fused-ring (bicyclic) bond motifs is 1. The Hall–Kier alpha value is -1.92. The highest BCUT2D eigenvalue weighted by Gasteiger charge is 2.18. The summed E-state index contributed by atoms with van der Waals surface area (Å²) in [5.41, 5.74) is 1.93. The number of imidazole rings is 1. The van der Waals surface area contributed by atoms with E-state index < -0.39 is 0 Å². The average molecular weight is 315 g/mol. The van der Waals surface area contributed by atoms with Crippen molar-refractivity contribution in [1.29, 1.82) is 0 Å². The molecule has 124 valence electrons. The van der Waals surface area contributed by atoms with Gasteiger partial charge in [0.1, 0.15) is 5.82 Å². The number of benzene rings is 1. The van der Waals surface area contributed by atoms with Gasteiger partial charge < -0.3 is 15.2 Å². The molecule has 1 aromatic carbocycles. The molecule has 6 heteroatoms. The third kappa shape index (κ3) is 4.09. The Morgan fingerprint density at radius 1 is 1.30 bits per heavy atom. The fraction of sp³-hybridized carbons (Fsp3) is 0.529. The van der Waals surface area contributed by atoms with Gasteiger partial charge in [-0.3, -0.25) is 9.69 Å². The molecule has 1 amide bonds. The smallest absolute Gasteiger partial charge is 0.234 e.